The highest BCUT2D eigenvalue weighted by Gasteiger charge is 2.25. The minimum atomic E-state index is -0.358. The van der Waals surface area contributed by atoms with Crippen molar-refractivity contribution in [3.05, 3.63) is 0 Å². The fraction of sp³-hybridized carbons (Fsp3) is 0.909. The summed E-state index contributed by atoms with van der Waals surface area (Å²) >= 11 is 1.56. The van der Waals surface area contributed by atoms with Gasteiger partial charge in [-0.3, -0.25) is 4.79 Å². The third kappa shape index (κ3) is 3.68. The number of amides is 1. The third-order valence-corrected chi connectivity index (χ3v) is 4.30. The van der Waals surface area contributed by atoms with E-state index in [0.717, 1.165) is 25.9 Å². The summed E-state index contributed by atoms with van der Waals surface area (Å²) in [6.45, 7) is 7.48. The van der Waals surface area contributed by atoms with Crippen molar-refractivity contribution in [1.29, 1.82) is 0 Å². The summed E-state index contributed by atoms with van der Waals surface area (Å²) in [5, 5.41) is 9.45. The van der Waals surface area contributed by atoms with Gasteiger partial charge in [0.15, 0.2) is 0 Å². The van der Waals surface area contributed by atoms with E-state index in [0.29, 0.717) is 0 Å². The molecule has 4 heteroatoms. The highest BCUT2D eigenvalue weighted by Crippen LogP contribution is 2.23. The van der Waals surface area contributed by atoms with E-state index < -0.39 is 0 Å². The van der Waals surface area contributed by atoms with Crippen LogP contribution in [0.1, 0.15) is 33.6 Å². The van der Waals surface area contributed by atoms with Gasteiger partial charge in [-0.1, -0.05) is 6.92 Å². The van der Waals surface area contributed by atoms with Crippen LogP contribution in [-0.4, -0.2) is 45.6 Å². The number of hydrogen-bond donors (Lipinski definition) is 1. The van der Waals surface area contributed by atoms with Crippen molar-refractivity contribution < 1.29 is 9.90 Å². The van der Waals surface area contributed by atoms with Crippen LogP contribution in [-0.2, 0) is 4.79 Å². The predicted octanol–water partition coefficient (Wildman–Crippen LogP) is 1.50. The molecule has 0 bridgehead atoms. The smallest absolute Gasteiger partial charge is 0.235 e. The molecule has 0 aromatic rings. The Labute approximate surface area is 96.2 Å². The molecular formula is C11H21NO2S. The Morgan fingerprint density at radius 1 is 1.27 bits per heavy atom. The SMILES string of the molecule is C[C@H](S[C@H](C)[C@H](C)O)C(=O)N1CCCC1. The van der Waals surface area contributed by atoms with Crippen LogP contribution in [0.25, 0.3) is 0 Å². The van der Waals surface area contributed by atoms with Gasteiger partial charge in [0.1, 0.15) is 0 Å². The fourth-order valence-electron chi connectivity index (χ4n) is 1.69. The number of hydrogen-bond acceptors (Lipinski definition) is 3. The first kappa shape index (κ1) is 12.8. The second-order valence-electron chi connectivity index (χ2n) is 4.26. The van der Waals surface area contributed by atoms with Crippen LogP contribution in [0.15, 0.2) is 0 Å². The Morgan fingerprint density at radius 3 is 2.27 bits per heavy atom. The zero-order chi connectivity index (χ0) is 11.4. The maximum Gasteiger partial charge on any atom is 0.235 e. The topological polar surface area (TPSA) is 40.5 Å². The summed E-state index contributed by atoms with van der Waals surface area (Å²) in [6.07, 6.45) is 1.91. The highest BCUT2D eigenvalue weighted by molar-refractivity contribution is 8.01. The van der Waals surface area contributed by atoms with Crippen molar-refractivity contribution in [2.45, 2.75) is 50.2 Å². The summed E-state index contributed by atoms with van der Waals surface area (Å²) in [5.41, 5.74) is 0. The molecule has 1 heterocycles. The number of carbonyl (C=O) groups excluding carboxylic acids is 1. The molecule has 1 N–H and O–H groups in total. The van der Waals surface area contributed by atoms with Gasteiger partial charge in [0.25, 0.3) is 0 Å². The molecule has 0 spiro atoms. The Kier molecular flexibility index (Phi) is 4.93. The molecule has 3 nitrogen and oxygen atoms in total. The van der Waals surface area contributed by atoms with Gasteiger partial charge in [-0.05, 0) is 26.7 Å². The van der Waals surface area contributed by atoms with Gasteiger partial charge in [0, 0.05) is 18.3 Å². The normalized spacial score (nSPS) is 22.5. The molecule has 0 aromatic heterocycles. The van der Waals surface area contributed by atoms with Gasteiger partial charge < -0.3 is 10.0 Å². The summed E-state index contributed by atoms with van der Waals surface area (Å²) in [5.74, 6) is 0.227. The monoisotopic (exact) mass is 231 g/mol. The lowest BCUT2D eigenvalue weighted by atomic mass is 10.3. The number of aliphatic hydroxyl groups is 1. The molecule has 3 atom stereocenters. The lowest BCUT2D eigenvalue weighted by Crippen LogP contribution is -2.35. The molecule has 0 unspecified atom stereocenters. The Bertz CT molecular complexity index is 215. The standard InChI is InChI=1S/C11H21NO2S/c1-8(13)9(2)15-10(3)11(14)12-6-4-5-7-12/h8-10,13H,4-7H2,1-3H3/t8-,9+,10-/m0/s1. The quantitative estimate of drug-likeness (QED) is 0.797. The lowest BCUT2D eigenvalue weighted by Gasteiger charge is -2.23. The molecule has 1 aliphatic heterocycles. The Balaban J connectivity index is 2.38. The minimum absolute atomic E-state index is 0.0345. The number of carbonyl (C=O) groups is 1. The van der Waals surface area contributed by atoms with E-state index in [1.165, 1.54) is 0 Å². The minimum Gasteiger partial charge on any atom is -0.392 e. The maximum absolute atomic E-state index is 11.9. The molecule has 15 heavy (non-hydrogen) atoms. The fourth-order valence-corrected chi connectivity index (χ4v) is 2.83. The van der Waals surface area contributed by atoms with Gasteiger partial charge in [-0.2, -0.15) is 0 Å². The van der Waals surface area contributed by atoms with Crippen molar-refractivity contribution in [2.75, 3.05) is 13.1 Å². The van der Waals surface area contributed by atoms with Crippen LogP contribution in [0.3, 0.4) is 0 Å². The molecule has 0 saturated carbocycles. The van der Waals surface area contributed by atoms with Crippen molar-refractivity contribution in [3.8, 4) is 0 Å². The molecule has 1 saturated heterocycles. The van der Waals surface area contributed by atoms with Crippen molar-refractivity contribution >= 4 is 17.7 Å². The molecule has 1 fully saturated rings. The van der Waals surface area contributed by atoms with E-state index in [4.69, 9.17) is 0 Å². The number of rotatable bonds is 4. The summed E-state index contributed by atoms with van der Waals surface area (Å²) < 4.78 is 0. The second kappa shape index (κ2) is 5.75. The first-order valence-corrected chi connectivity index (χ1v) is 6.59. The largest absolute Gasteiger partial charge is 0.392 e. The molecule has 0 radical (unpaired) electrons. The Morgan fingerprint density at radius 2 is 1.80 bits per heavy atom. The average Bonchev–Trinajstić information content (AvgIpc) is 2.68. The predicted molar refractivity (Wildman–Crippen MR) is 64.0 cm³/mol. The summed E-state index contributed by atoms with van der Waals surface area (Å²) in [6, 6.07) is 0. The lowest BCUT2D eigenvalue weighted by molar-refractivity contribution is -0.129. The number of aliphatic hydroxyl groups excluding tert-OH is 1. The first-order chi connectivity index (χ1) is 7.02. The molecule has 1 rings (SSSR count). The van der Waals surface area contributed by atoms with Gasteiger partial charge in [0.2, 0.25) is 5.91 Å². The zero-order valence-corrected chi connectivity index (χ0v) is 10.6. The molecule has 1 amide bonds. The van der Waals surface area contributed by atoms with Crippen molar-refractivity contribution in [1.82, 2.24) is 4.90 Å². The molecule has 1 aliphatic rings. The number of likely N-dealkylation sites (tertiary alicyclic amines) is 1. The van der Waals surface area contributed by atoms with Crippen molar-refractivity contribution in [3.63, 3.8) is 0 Å². The molecule has 0 aromatic carbocycles. The molecular weight excluding hydrogens is 210 g/mol. The van der Waals surface area contributed by atoms with Crippen LogP contribution >= 0.6 is 11.8 Å². The van der Waals surface area contributed by atoms with E-state index in [1.54, 1.807) is 18.7 Å². The summed E-state index contributed by atoms with van der Waals surface area (Å²) in [4.78, 5) is 13.9. The number of nitrogens with zero attached hydrogens (tertiary/aromatic N) is 1. The van der Waals surface area contributed by atoms with E-state index in [9.17, 15) is 9.90 Å². The van der Waals surface area contributed by atoms with Crippen LogP contribution in [0.4, 0.5) is 0 Å². The summed E-state index contributed by atoms with van der Waals surface area (Å²) in [7, 11) is 0. The van der Waals surface area contributed by atoms with Crippen LogP contribution < -0.4 is 0 Å². The van der Waals surface area contributed by atoms with Gasteiger partial charge in [-0.15, -0.1) is 11.8 Å². The van der Waals surface area contributed by atoms with E-state index in [-0.39, 0.29) is 22.5 Å². The van der Waals surface area contributed by atoms with Crippen LogP contribution in [0, 0.1) is 0 Å². The van der Waals surface area contributed by atoms with Gasteiger partial charge in [0.05, 0.1) is 11.4 Å². The van der Waals surface area contributed by atoms with Crippen LogP contribution in [0.2, 0.25) is 0 Å². The zero-order valence-electron chi connectivity index (χ0n) is 9.77. The van der Waals surface area contributed by atoms with E-state index >= 15 is 0 Å². The van der Waals surface area contributed by atoms with E-state index in [2.05, 4.69) is 0 Å². The van der Waals surface area contributed by atoms with Gasteiger partial charge >= 0.3 is 0 Å². The van der Waals surface area contributed by atoms with E-state index in [1.807, 2.05) is 18.7 Å². The third-order valence-electron chi connectivity index (χ3n) is 2.86. The van der Waals surface area contributed by atoms with Gasteiger partial charge in [-0.25, -0.2) is 0 Å². The number of thioether (sulfide) groups is 1. The molecule has 0 aliphatic carbocycles. The Hall–Kier alpha value is -0.220. The molecule has 88 valence electrons. The van der Waals surface area contributed by atoms with Crippen LogP contribution in [0.5, 0.6) is 0 Å². The average molecular weight is 231 g/mol. The van der Waals surface area contributed by atoms with Crippen molar-refractivity contribution in [2.24, 2.45) is 0 Å². The second-order valence-corrected chi connectivity index (χ2v) is 5.98. The maximum atomic E-state index is 11.9. The first-order valence-electron chi connectivity index (χ1n) is 5.64. The highest BCUT2D eigenvalue weighted by atomic mass is 32.2.